The summed E-state index contributed by atoms with van der Waals surface area (Å²) in [7, 11) is 1.77. The zero-order valence-electron chi connectivity index (χ0n) is 13.1. The van der Waals surface area contributed by atoms with Gasteiger partial charge in [-0.25, -0.2) is 19.7 Å². The maximum atomic E-state index is 11.1. The zero-order chi connectivity index (χ0) is 17.6. The van der Waals surface area contributed by atoms with E-state index in [4.69, 9.17) is 15.3 Å². The lowest BCUT2D eigenvalue weighted by Crippen LogP contribution is -1.97. The molecular formula is C17H13N5O3. The third-order valence-electron chi connectivity index (χ3n) is 3.89. The molecule has 1 aromatic carbocycles. The van der Waals surface area contributed by atoms with Crippen molar-refractivity contribution in [2.75, 3.05) is 18.1 Å². The molecule has 0 aliphatic rings. The Morgan fingerprint density at radius 3 is 2.80 bits per heavy atom. The van der Waals surface area contributed by atoms with Crippen molar-refractivity contribution in [3.8, 4) is 11.5 Å². The second-order valence-electron chi connectivity index (χ2n) is 5.43. The first-order valence-electron chi connectivity index (χ1n) is 7.43. The number of carbonyl (C=O) groups is 1. The number of fused-ring (bicyclic) bond motifs is 2. The molecule has 8 heteroatoms. The molecule has 8 nitrogen and oxygen atoms in total. The number of carboxylic acids is 1. The van der Waals surface area contributed by atoms with E-state index in [0.717, 1.165) is 10.8 Å². The summed E-state index contributed by atoms with van der Waals surface area (Å²) in [5, 5.41) is 13.7. The van der Waals surface area contributed by atoms with Gasteiger partial charge in [-0.3, -0.25) is 0 Å². The molecule has 0 saturated heterocycles. The Labute approximate surface area is 141 Å². The number of rotatable bonds is 3. The molecule has 0 amide bonds. The molecule has 0 fully saturated rings. The third-order valence-corrected chi connectivity index (χ3v) is 3.89. The molecule has 0 atom stereocenters. The normalized spacial score (nSPS) is 11.1. The van der Waals surface area contributed by atoms with Crippen LogP contribution in [0, 0.1) is 0 Å². The van der Waals surface area contributed by atoms with Crippen LogP contribution in [-0.2, 0) is 0 Å². The molecule has 0 spiro atoms. The van der Waals surface area contributed by atoms with Crippen molar-refractivity contribution in [1.82, 2.24) is 15.0 Å². The van der Waals surface area contributed by atoms with Gasteiger partial charge in [0.25, 0.3) is 0 Å². The van der Waals surface area contributed by atoms with Crippen molar-refractivity contribution < 1.29 is 14.3 Å². The van der Waals surface area contributed by atoms with Crippen molar-refractivity contribution in [2.24, 2.45) is 0 Å². The first-order chi connectivity index (χ1) is 12.1. The number of pyridine rings is 2. The maximum absolute atomic E-state index is 11.1. The largest absolute Gasteiger partial charge is 0.478 e. The Hall–Kier alpha value is -3.68. The Kier molecular flexibility index (Phi) is 3.24. The van der Waals surface area contributed by atoms with E-state index in [2.05, 4.69) is 20.3 Å². The highest BCUT2D eigenvalue weighted by Crippen LogP contribution is 2.33. The summed E-state index contributed by atoms with van der Waals surface area (Å²) in [5.74, 6) is 0.348. The first kappa shape index (κ1) is 14.9. The van der Waals surface area contributed by atoms with Gasteiger partial charge in [0.1, 0.15) is 17.2 Å². The Bertz CT molecular complexity index is 1140. The van der Waals surface area contributed by atoms with Crippen LogP contribution >= 0.6 is 0 Å². The number of nitrogens with two attached hydrogens (primary N) is 1. The second-order valence-corrected chi connectivity index (χ2v) is 5.43. The molecule has 0 radical (unpaired) electrons. The minimum atomic E-state index is -1.02. The van der Waals surface area contributed by atoms with Gasteiger partial charge in [-0.1, -0.05) is 0 Å². The van der Waals surface area contributed by atoms with Crippen LogP contribution in [-0.4, -0.2) is 33.1 Å². The number of aromatic nitrogens is 3. The van der Waals surface area contributed by atoms with Crippen LogP contribution in [0.15, 0.2) is 41.1 Å². The molecule has 0 unspecified atom stereocenters. The number of nitrogens with zero attached hydrogens (tertiary/aromatic N) is 3. The van der Waals surface area contributed by atoms with Crippen molar-refractivity contribution in [3.63, 3.8) is 0 Å². The number of anilines is 2. The standard InChI is InChI=1S/C17H13N5O3/c1-19-15-10-6-20-14(18)5-9(10)11(7-21-15)16-22-12-4-8(17(23)24)2-3-13(12)25-16/h2-7H,1H3,(H2,18,20)(H,19,21)(H,23,24). The minimum absolute atomic E-state index is 0.148. The fraction of sp³-hybridized carbons (Fsp3) is 0.0588. The van der Waals surface area contributed by atoms with Gasteiger partial charge in [0.05, 0.1) is 11.1 Å². The summed E-state index contributed by atoms with van der Waals surface area (Å²) in [5.41, 5.74) is 7.57. The van der Waals surface area contributed by atoms with E-state index in [9.17, 15) is 4.79 Å². The molecule has 0 saturated carbocycles. The van der Waals surface area contributed by atoms with Gasteiger partial charge >= 0.3 is 5.97 Å². The number of oxazole rings is 1. The zero-order valence-corrected chi connectivity index (χ0v) is 13.1. The molecule has 4 N–H and O–H groups in total. The summed E-state index contributed by atoms with van der Waals surface area (Å²) in [6.07, 6.45) is 3.27. The van der Waals surface area contributed by atoms with Crippen molar-refractivity contribution in [3.05, 3.63) is 42.2 Å². The molecule has 4 aromatic rings. The van der Waals surface area contributed by atoms with Gasteiger partial charge in [-0.05, 0) is 24.3 Å². The van der Waals surface area contributed by atoms with E-state index < -0.39 is 5.97 Å². The molecule has 0 aliphatic carbocycles. The van der Waals surface area contributed by atoms with Crippen LogP contribution in [0.2, 0.25) is 0 Å². The SMILES string of the molecule is CNc1ncc(-c2nc3cc(C(=O)O)ccc3o2)c2cc(N)ncc12. The number of aromatic carboxylic acids is 1. The lowest BCUT2D eigenvalue weighted by molar-refractivity contribution is 0.0697. The molecular weight excluding hydrogens is 322 g/mol. The summed E-state index contributed by atoms with van der Waals surface area (Å²) < 4.78 is 5.78. The monoisotopic (exact) mass is 335 g/mol. The number of nitrogen functional groups attached to an aromatic ring is 1. The molecule has 4 rings (SSSR count). The van der Waals surface area contributed by atoms with E-state index in [1.807, 2.05) is 0 Å². The number of benzene rings is 1. The summed E-state index contributed by atoms with van der Waals surface area (Å²) in [6.45, 7) is 0. The highest BCUT2D eigenvalue weighted by atomic mass is 16.4. The Morgan fingerprint density at radius 1 is 1.20 bits per heavy atom. The van der Waals surface area contributed by atoms with Crippen molar-refractivity contribution in [1.29, 1.82) is 0 Å². The number of carboxylic acid groups (broad SMARTS) is 1. The lowest BCUT2D eigenvalue weighted by atomic mass is 10.1. The fourth-order valence-electron chi connectivity index (χ4n) is 2.70. The van der Waals surface area contributed by atoms with Crippen LogP contribution in [0.5, 0.6) is 0 Å². The molecule has 124 valence electrons. The lowest BCUT2D eigenvalue weighted by Gasteiger charge is -2.08. The highest BCUT2D eigenvalue weighted by Gasteiger charge is 2.16. The summed E-state index contributed by atoms with van der Waals surface area (Å²) >= 11 is 0. The second kappa shape index (κ2) is 5.45. The average molecular weight is 335 g/mol. The molecule has 3 heterocycles. The van der Waals surface area contributed by atoms with E-state index in [0.29, 0.717) is 34.2 Å². The van der Waals surface area contributed by atoms with Crippen LogP contribution in [0.3, 0.4) is 0 Å². The number of nitrogens with one attached hydrogen (secondary N) is 1. The summed E-state index contributed by atoms with van der Waals surface area (Å²) in [6, 6.07) is 6.26. The highest BCUT2D eigenvalue weighted by molar-refractivity contribution is 6.01. The number of hydrogen-bond acceptors (Lipinski definition) is 7. The Morgan fingerprint density at radius 2 is 2.04 bits per heavy atom. The van der Waals surface area contributed by atoms with E-state index in [-0.39, 0.29) is 5.56 Å². The van der Waals surface area contributed by atoms with Gasteiger partial charge in [0.15, 0.2) is 5.58 Å². The average Bonchev–Trinajstić information content (AvgIpc) is 3.03. The van der Waals surface area contributed by atoms with Crippen LogP contribution in [0.25, 0.3) is 33.3 Å². The van der Waals surface area contributed by atoms with Crippen molar-refractivity contribution >= 4 is 39.5 Å². The predicted octanol–water partition coefficient (Wildman–Crippen LogP) is 2.76. The van der Waals surface area contributed by atoms with Crippen LogP contribution in [0.1, 0.15) is 10.4 Å². The van der Waals surface area contributed by atoms with Gasteiger partial charge in [0.2, 0.25) is 5.89 Å². The van der Waals surface area contributed by atoms with Gasteiger partial charge in [-0.2, -0.15) is 0 Å². The number of hydrogen-bond donors (Lipinski definition) is 3. The third kappa shape index (κ3) is 2.40. The van der Waals surface area contributed by atoms with Crippen LogP contribution < -0.4 is 11.1 Å². The molecule has 0 bridgehead atoms. The van der Waals surface area contributed by atoms with E-state index >= 15 is 0 Å². The Balaban J connectivity index is 1.96. The van der Waals surface area contributed by atoms with E-state index in [1.165, 1.54) is 12.1 Å². The van der Waals surface area contributed by atoms with Gasteiger partial charge in [0, 0.05) is 30.2 Å². The predicted molar refractivity (Wildman–Crippen MR) is 93.5 cm³/mol. The van der Waals surface area contributed by atoms with Crippen LogP contribution in [0.4, 0.5) is 11.6 Å². The smallest absolute Gasteiger partial charge is 0.335 e. The van der Waals surface area contributed by atoms with Gasteiger partial charge < -0.3 is 20.6 Å². The topological polar surface area (TPSA) is 127 Å². The molecule has 3 aromatic heterocycles. The maximum Gasteiger partial charge on any atom is 0.335 e. The molecule has 25 heavy (non-hydrogen) atoms. The molecule has 0 aliphatic heterocycles. The first-order valence-corrected chi connectivity index (χ1v) is 7.43. The summed E-state index contributed by atoms with van der Waals surface area (Å²) in [4.78, 5) is 24.0. The minimum Gasteiger partial charge on any atom is -0.478 e. The fourth-order valence-corrected chi connectivity index (χ4v) is 2.70. The quantitative estimate of drug-likeness (QED) is 0.521. The van der Waals surface area contributed by atoms with Crippen molar-refractivity contribution in [2.45, 2.75) is 0 Å². The van der Waals surface area contributed by atoms with E-state index in [1.54, 1.807) is 31.6 Å². The van der Waals surface area contributed by atoms with Gasteiger partial charge in [-0.15, -0.1) is 0 Å².